The van der Waals surface area contributed by atoms with E-state index < -0.39 is 13.3 Å². The molecule has 0 bridgehead atoms. The maximum absolute atomic E-state index is 14.4. The van der Waals surface area contributed by atoms with E-state index in [0.29, 0.717) is 21.5 Å². The molecule has 2 aromatic carbocycles. The molecule has 1 unspecified atom stereocenters. The first-order valence-electron chi connectivity index (χ1n) is 9.91. The Morgan fingerprint density at radius 2 is 2.03 bits per heavy atom. The van der Waals surface area contributed by atoms with Gasteiger partial charge in [-0.05, 0) is 42.5 Å². The van der Waals surface area contributed by atoms with Crippen molar-refractivity contribution in [3.05, 3.63) is 87.8 Å². The summed E-state index contributed by atoms with van der Waals surface area (Å²) in [7, 11) is -2.65. The minimum absolute atomic E-state index is 0.0220. The minimum Gasteiger partial charge on any atom is -0.350 e. The van der Waals surface area contributed by atoms with Gasteiger partial charge >= 0.3 is 0 Å². The lowest BCUT2D eigenvalue weighted by molar-refractivity contribution is -0.905. The summed E-state index contributed by atoms with van der Waals surface area (Å²) >= 11 is 12.4. The Labute approximate surface area is 204 Å². The van der Waals surface area contributed by atoms with E-state index in [-0.39, 0.29) is 33.4 Å². The summed E-state index contributed by atoms with van der Waals surface area (Å²) in [5.74, 6) is -0.546. The molecule has 0 fully saturated rings. The maximum atomic E-state index is 14.4. The van der Waals surface area contributed by atoms with Crippen LogP contribution in [0, 0.1) is 11.3 Å². The zero-order valence-corrected chi connectivity index (χ0v) is 20.2. The highest BCUT2D eigenvalue weighted by atomic mass is 35.5. The number of aromatic nitrogens is 2. The number of hydrogen-bond acceptors (Lipinski definition) is 5. The van der Waals surface area contributed by atoms with Crippen LogP contribution in [0.15, 0.2) is 60.9 Å². The topological polar surface area (TPSA) is 119 Å². The van der Waals surface area contributed by atoms with Gasteiger partial charge in [0.1, 0.15) is 5.69 Å². The quantitative estimate of drug-likeness (QED) is 0.205. The van der Waals surface area contributed by atoms with Gasteiger partial charge in [-0.1, -0.05) is 23.2 Å². The molecule has 0 radical (unpaired) electrons. The van der Waals surface area contributed by atoms with E-state index >= 15 is 0 Å². The van der Waals surface area contributed by atoms with Crippen molar-refractivity contribution in [1.82, 2.24) is 10.3 Å². The third-order valence-electron chi connectivity index (χ3n) is 5.16. The molecule has 172 valence electrons. The summed E-state index contributed by atoms with van der Waals surface area (Å²) in [6, 6.07) is 14.6. The summed E-state index contributed by atoms with van der Waals surface area (Å²) in [5.41, 5.74) is 1.39. The highest BCUT2D eigenvalue weighted by Gasteiger charge is 2.36. The van der Waals surface area contributed by atoms with Gasteiger partial charge in [-0.15, -0.1) is 0 Å². The van der Waals surface area contributed by atoms with Gasteiger partial charge in [-0.25, -0.2) is 0 Å². The van der Waals surface area contributed by atoms with Crippen molar-refractivity contribution in [2.24, 2.45) is 0 Å². The number of halogens is 2. The average Bonchev–Trinajstić information content (AvgIpc) is 3.21. The second kappa shape index (κ2) is 9.49. The fourth-order valence-corrected chi connectivity index (χ4v) is 6.35. The van der Waals surface area contributed by atoms with Crippen LogP contribution >= 0.6 is 30.6 Å². The monoisotopic (exact) mass is 515 g/mol. The van der Waals surface area contributed by atoms with E-state index in [1.54, 1.807) is 30.3 Å². The van der Waals surface area contributed by atoms with E-state index in [1.165, 1.54) is 37.7 Å². The van der Waals surface area contributed by atoms with Crippen LogP contribution < -0.4 is 20.7 Å². The van der Waals surface area contributed by atoms with Crippen LogP contribution in [-0.4, -0.2) is 23.2 Å². The third kappa shape index (κ3) is 4.52. The van der Waals surface area contributed by atoms with E-state index in [9.17, 15) is 19.8 Å². The summed E-state index contributed by atoms with van der Waals surface area (Å²) < 4.78 is 20.8. The van der Waals surface area contributed by atoms with Crippen LogP contribution in [0.4, 0.5) is 0 Å². The molecular weight excluding hydrogens is 498 g/mol. The SMILES string of the molecule is COP(=O)(c1cc(Cl)cc(C#N)c1)c1c(C(=O)NCc2ccc[n+](O)c2)[nH]c2ccc(Cl)cc12. The minimum atomic E-state index is -3.91. The van der Waals surface area contributed by atoms with Crippen molar-refractivity contribution in [2.45, 2.75) is 6.54 Å². The lowest BCUT2D eigenvalue weighted by atomic mass is 10.2. The zero-order chi connectivity index (χ0) is 24.5. The number of nitrogens with zero attached hydrogens (tertiary/aromatic N) is 2. The molecule has 1 atom stereocenters. The molecule has 8 nitrogen and oxygen atoms in total. The molecule has 0 spiro atoms. The van der Waals surface area contributed by atoms with Gasteiger partial charge in [-0.2, -0.15) is 5.26 Å². The van der Waals surface area contributed by atoms with Crippen LogP contribution in [-0.2, 0) is 15.6 Å². The van der Waals surface area contributed by atoms with E-state index in [2.05, 4.69) is 10.3 Å². The standard InChI is InChI=1S/C23H17Cl2N4O4P/c1-33-34(32,18-8-15(11-26)7-17(25)9-18)22-19-10-16(24)4-5-20(19)28-21(22)23(30)27-12-14-3-2-6-29(31)13-14/h2-10,13H,12H2,1H3,(H2-,27,28,30,31,32)/p+1. The molecule has 3 N–H and O–H groups in total. The molecule has 2 heterocycles. The van der Waals surface area contributed by atoms with Gasteiger partial charge in [0, 0.05) is 56.3 Å². The molecule has 4 aromatic rings. The largest absolute Gasteiger partial charge is 0.350 e. The Morgan fingerprint density at radius 1 is 1.24 bits per heavy atom. The van der Waals surface area contributed by atoms with Gasteiger partial charge in [0.2, 0.25) is 12.4 Å². The number of nitriles is 1. The number of carbonyl (C=O) groups is 1. The molecule has 0 aliphatic carbocycles. The lowest BCUT2D eigenvalue weighted by Crippen LogP contribution is -2.32. The number of rotatable bonds is 6. The molecular formula is C23H18Cl2N4O4P+. The number of nitrogens with one attached hydrogen (secondary N) is 2. The van der Waals surface area contributed by atoms with E-state index in [0.717, 1.165) is 4.73 Å². The third-order valence-corrected chi connectivity index (χ3v) is 8.12. The Hall–Kier alpha value is -3.34. The second-order valence-electron chi connectivity index (χ2n) is 7.36. The Balaban J connectivity index is 1.87. The van der Waals surface area contributed by atoms with Crippen LogP contribution in [0.3, 0.4) is 0 Å². The number of amides is 1. The molecule has 0 saturated heterocycles. The fourth-order valence-electron chi connectivity index (χ4n) is 3.64. The first kappa shape index (κ1) is 23.8. The summed E-state index contributed by atoms with van der Waals surface area (Å²) in [6.07, 6.45) is 2.89. The van der Waals surface area contributed by atoms with Crippen molar-refractivity contribution in [1.29, 1.82) is 5.26 Å². The number of fused-ring (bicyclic) bond motifs is 1. The van der Waals surface area contributed by atoms with E-state index in [4.69, 9.17) is 27.7 Å². The lowest BCUT2D eigenvalue weighted by Gasteiger charge is -2.18. The normalized spacial score (nSPS) is 12.8. The van der Waals surface area contributed by atoms with Crippen LogP contribution in [0.25, 0.3) is 10.9 Å². The highest BCUT2D eigenvalue weighted by Crippen LogP contribution is 2.47. The number of benzene rings is 2. The molecule has 0 aliphatic heterocycles. The maximum Gasteiger partial charge on any atom is 0.268 e. The second-order valence-corrected chi connectivity index (χ2v) is 10.7. The van der Waals surface area contributed by atoms with Gasteiger partial charge in [0.15, 0.2) is 0 Å². The van der Waals surface area contributed by atoms with E-state index in [1.807, 2.05) is 6.07 Å². The Bertz CT molecular complexity index is 1510. The molecule has 2 aromatic heterocycles. The van der Waals surface area contributed by atoms with Crippen LogP contribution in [0.2, 0.25) is 10.0 Å². The average molecular weight is 516 g/mol. The predicted octanol–water partition coefficient (Wildman–Crippen LogP) is 3.68. The molecule has 34 heavy (non-hydrogen) atoms. The smallest absolute Gasteiger partial charge is 0.268 e. The summed E-state index contributed by atoms with van der Waals surface area (Å²) in [4.78, 5) is 16.3. The Kier molecular flexibility index (Phi) is 6.65. The molecule has 0 saturated carbocycles. The Morgan fingerprint density at radius 3 is 2.74 bits per heavy atom. The van der Waals surface area contributed by atoms with Crippen LogP contribution in [0.5, 0.6) is 0 Å². The predicted molar refractivity (Wildman–Crippen MR) is 128 cm³/mol. The summed E-state index contributed by atoms with van der Waals surface area (Å²) in [5, 5.41) is 23.0. The number of H-pyrrole nitrogens is 1. The molecule has 4 rings (SSSR count). The molecule has 1 amide bonds. The number of hydrogen-bond donors (Lipinski definition) is 3. The van der Waals surface area contributed by atoms with Gasteiger partial charge in [0.05, 0.1) is 16.9 Å². The van der Waals surface area contributed by atoms with Crippen molar-refractivity contribution in [3.8, 4) is 6.07 Å². The van der Waals surface area contributed by atoms with Gasteiger partial charge in [-0.3, -0.25) is 14.6 Å². The number of carbonyl (C=O) groups excluding carboxylic acids is 1. The van der Waals surface area contributed by atoms with Crippen molar-refractivity contribution >= 4 is 58.0 Å². The van der Waals surface area contributed by atoms with Crippen LogP contribution in [0.1, 0.15) is 21.6 Å². The number of pyridine rings is 1. The first-order valence-corrected chi connectivity index (χ1v) is 12.3. The summed E-state index contributed by atoms with van der Waals surface area (Å²) in [6.45, 7) is 0.100. The fraction of sp³-hybridized carbons (Fsp3) is 0.0870. The van der Waals surface area contributed by atoms with Crippen molar-refractivity contribution in [2.75, 3.05) is 7.11 Å². The highest BCUT2D eigenvalue weighted by molar-refractivity contribution is 7.75. The molecule has 11 heteroatoms. The van der Waals surface area contributed by atoms with Crippen molar-refractivity contribution < 1.29 is 23.8 Å². The first-order chi connectivity index (χ1) is 16.2. The van der Waals surface area contributed by atoms with Gasteiger partial charge < -0.3 is 14.8 Å². The van der Waals surface area contributed by atoms with Gasteiger partial charge in [0.25, 0.3) is 13.3 Å². The zero-order valence-electron chi connectivity index (χ0n) is 17.8. The number of aromatic amines is 1. The van der Waals surface area contributed by atoms with Crippen molar-refractivity contribution in [3.63, 3.8) is 0 Å². The molecule has 0 aliphatic rings.